The van der Waals surface area contributed by atoms with Gasteiger partial charge in [-0.25, -0.2) is 9.78 Å². The molecule has 3 rings (SSSR count). The standard InChI is InChI=1S/C13H9N3O3S/c1-7-14-10(6-20-7)12-16-15-11(19-12)8-4-2-3-5-9(8)13(17)18/h2-6H,1H3,(H,17,18). The van der Waals surface area contributed by atoms with Gasteiger partial charge in [-0.15, -0.1) is 21.5 Å². The first kappa shape index (κ1) is 12.5. The maximum atomic E-state index is 11.2. The molecule has 3 aromatic rings. The lowest BCUT2D eigenvalue weighted by molar-refractivity contribution is 0.0697. The van der Waals surface area contributed by atoms with Gasteiger partial charge in [0.05, 0.1) is 16.1 Å². The molecule has 0 saturated carbocycles. The molecular weight excluding hydrogens is 278 g/mol. The lowest BCUT2D eigenvalue weighted by atomic mass is 10.1. The smallest absolute Gasteiger partial charge is 0.336 e. The Balaban J connectivity index is 2.05. The molecule has 0 aliphatic rings. The molecule has 0 spiro atoms. The highest BCUT2D eigenvalue weighted by Gasteiger charge is 2.17. The summed E-state index contributed by atoms with van der Waals surface area (Å²) in [6.45, 7) is 1.88. The van der Waals surface area contributed by atoms with Crippen LogP contribution in [0.5, 0.6) is 0 Å². The van der Waals surface area contributed by atoms with Crippen molar-refractivity contribution in [3.63, 3.8) is 0 Å². The van der Waals surface area contributed by atoms with Crippen molar-refractivity contribution in [3.05, 3.63) is 40.2 Å². The Morgan fingerprint density at radius 2 is 2.00 bits per heavy atom. The van der Waals surface area contributed by atoms with Gasteiger partial charge in [-0.05, 0) is 19.1 Å². The van der Waals surface area contributed by atoms with Gasteiger partial charge in [-0.1, -0.05) is 12.1 Å². The minimum Gasteiger partial charge on any atom is -0.478 e. The molecule has 0 bridgehead atoms. The second-order valence-electron chi connectivity index (χ2n) is 4.01. The first-order valence-corrected chi connectivity index (χ1v) is 6.62. The fourth-order valence-corrected chi connectivity index (χ4v) is 2.34. The number of rotatable bonds is 3. The van der Waals surface area contributed by atoms with Crippen molar-refractivity contribution in [2.45, 2.75) is 6.92 Å². The van der Waals surface area contributed by atoms with Gasteiger partial charge >= 0.3 is 5.97 Å². The first-order chi connectivity index (χ1) is 9.65. The fraction of sp³-hybridized carbons (Fsp3) is 0.0769. The molecule has 100 valence electrons. The Hall–Kier alpha value is -2.54. The fourth-order valence-electron chi connectivity index (χ4n) is 1.75. The van der Waals surface area contributed by atoms with E-state index in [0.717, 1.165) is 5.01 Å². The first-order valence-electron chi connectivity index (χ1n) is 5.74. The Labute approximate surface area is 117 Å². The predicted octanol–water partition coefficient (Wildman–Crippen LogP) is 2.87. The summed E-state index contributed by atoms with van der Waals surface area (Å²) < 4.78 is 5.52. The molecule has 0 aliphatic heterocycles. The third-order valence-electron chi connectivity index (χ3n) is 2.65. The SMILES string of the molecule is Cc1nc(-c2nnc(-c3ccccc3C(=O)O)o2)cs1. The maximum absolute atomic E-state index is 11.2. The summed E-state index contributed by atoms with van der Waals surface area (Å²) >= 11 is 1.48. The van der Waals surface area contributed by atoms with E-state index in [-0.39, 0.29) is 17.3 Å². The predicted molar refractivity (Wildman–Crippen MR) is 72.5 cm³/mol. The highest BCUT2D eigenvalue weighted by molar-refractivity contribution is 7.09. The average Bonchev–Trinajstić information content (AvgIpc) is 3.07. The number of benzene rings is 1. The number of carboxylic acids is 1. The molecule has 0 aliphatic carbocycles. The van der Waals surface area contributed by atoms with Crippen LogP contribution < -0.4 is 0 Å². The van der Waals surface area contributed by atoms with E-state index in [9.17, 15) is 4.79 Å². The third-order valence-corrected chi connectivity index (χ3v) is 3.42. The molecule has 0 radical (unpaired) electrons. The van der Waals surface area contributed by atoms with Crippen LogP contribution in [0.2, 0.25) is 0 Å². The number of carboxylic acid groups (broad SMARTS) is 1. The van der Waals surface area contributed by atoms with Crippen LogP contribution in [0, 0.1) is 6.92 Å². The molecule has 1 aromatic carbocycles. The summed E-state index contributed by atoms with van der Waals surface area (Å²) in [5, 5.41) is 19.7. The Morgan fingerprint density at radius 3 is 2.70 bits per heavy atom. The zero-order chi connectivity index (χ0) is 14.1. The number of nitrogens with zero attached hydrogens (tertiary/aromatic N) is 3. The lowest BCUT2D eigenvalue weighted by Gasteiger charge is -1.99. The molecule has 2 heterocycles. The molecule has 2 aromatic heterocycles. The molecule has 20 heavy (non-hydrogen) atoms. The van der Waals surface area contributed by atoms with Gasteiger partial charge in [0.15, 0.2) is 0 Å². The van der Waals surface area contributed by atoms with Crippen molar-refractivity contribution in [1.29, 1.82) is 0 Å². The Morgan fingerprint density at radius 1 is 1.25 bits per heavy atom. The lowest BCUT2D eigenvalue weighted by Crippen LogP contribution is -1.98. The van der Waals surface area contributed by atoms with Gasteiger partial charge in [0, 0.05) is 5.38 Å². The number of hydrogen-bond donors (Lipinski definition) is 1. The van der Waals surface area contributed by atoms with E-state index in [0.29, 0.717) is 11.3 Å². The molecular formula is C13H9N3O3S. The third kappa shape index (κ3) is 2.19. The zero-order valence-electron chi connectivity index (χ0n) is 10.4. The van der Waals surface area contributed by atoms with E-state index < -0.39 is 5.97 Å². The number of aromatic nitrogens is 3. The van der Waals surface area contributed by atoms with E-state index in [1.807, 2.05) is 12.3 Å². The van der Waals surface area contributed by atoms with Gasteiger partial charge in [0.1, 0.15) is 5.69 Å². The van der Waals surface area contributed by atoms with E-state index in [4.69, 9.17) is 9.52 Å². The van der Waals surface area contributed by atoms with Crippen molar-refractivity contribution < 1.29 is 14.3 Å². The molecule has 0 saturated heterocycles. The van der Waals surface area contributed by atoms with Crippen LogP contribution in [0.4, 0.5) is 0 Å². The summed E-state index contributed by atoms with van der Waals surface area (Å²) in [6, 6.07) is 6.49. The molecule has 0 fully saturated rings. The number of aromatic carboxylic acids is 1. The van der Waals surface area contributed by atoms with E-state index >= 15 is 0 Å². The number of aryl methyl sites for hydroxylation is 1. The topological polar surface area (TPSA) is 89.1 Å². The van der Waals surface area contributed by atoms with Crippen molar-refractivity contribution in [2.75, 3.05) is 0 Å². The summed E-state index contributed by atoms with van der Waals surface area (Å²) in [5.41, 5.74) is 1.11. The van der Waals surface area contributed by atoms with Gasteiger partial charge in [-0.2, -0.15) is 0 Å². The van der Waals surface area contributed by atoms with E-state index in [1.165, 1.54) is 17.4 Å². The van der Waals surface area contributed by atoms with Gasteiger partial charge < -0.3 is 9.52 Å². The second kappa shape index (κ2) is 4.86. The number of carbonyl (C=O) groups is 1. The van der Waals surface area contributed by atoms with Crippen LogP contribution in [0.25, 0.3) is 23.0 Å². The average molecular weight is 287 g/mol. The van der Waals surface area contributed by atoms with Crippen LogP contribution >= 0.6 is 11.3 Å². The van der Waals surface area contributed by atoms with Crippen molar-refractivity contribution >= 4 is 17.3 Å². The van der Waals surface area contributed by atoms with Crippen LogP contribution in [0.15, 0.2) is 34.1 Å². The van der Waals surface area contributed by atoms with Gasteiger partial charge in [0.25, 0.3) is 5.89 Å². The normalized spacial score (nSPS) is 10.7. The monoisotopic (exact) mass is 287 g/mol. The van der Waals surface area contributed by atoms with E-state index in [2.05, 4.69) is 15.2 Å². The summed E-state index contributed by atoms with van der Waals surface area (Å²) in [5.74, 6) is -0.585. The van der Waals surface area contributed by atoms with Crippen molar-refractivity contribution in [2.24, 2.45) is 0 Å². The molecule has 0 unspecified atom stereocenters. The van der Waals surface area contributed by atoms with Crippen LogP contribution in [0.1, 0.15) is 15.4 Å². The maximum Gasteiger partial charge on any atom is 0.336 e. The van der Waals surface area contributed by atoms with Crippen LogP contribution in [0.3, 0.4) is 0 Å². The molecule has 6 nitrogen and oxygen atoms in total. The largest absolute Gasteiger partial charge is 0.478 e. The molecule has 0 amide bonds. The van der Waals surface area contributed by atoms with Crippen LogP contribution in [-0.2, 0) is 0 Å². The van der Waals surface area contributed by atoms with Gasteiger partial charge in [0.2, 0.25) is 5.89 Å². The second-order valence-corrected chi connectivity index (χ2v) is 5.08. The van der Waals surface area contributed by atoms with Crippen molar-refractivity contribution in [1.82, 2.24) is 15.2 Å². The van der Waals surface area contributed by atoms with Crippen LogP contribution in [-0.4, -0.2) is 26.3 Å². The van der Waals surface area contributed by atoms with E-state index in [1.54, 1.807) is 18.2 Å². The molecule has 1 N–H and O–H groups in total. The number of thiazole rings is 1. The highest BCUT2D eigenvalue weighted by atomic mass is 32.1. The summed E-state index contributed by atoms with van der Waals surface area (Å²) in [7, 11) is 0. The minimum absolute atomic E-state index is 0.122. The Bertz CT molecular complexity index is 779. The van der Waals surface area contributed by atoms with Crippen molar-refractivity contribution in [3.8, 4) is 23.0 Å². The quantitative estimate of drug-likeness (QED) is 0.796. The summed E-state index contributed by atoms with van der Waals surface area (Å²) in [4.78, 5) is 15.4. The van der Waals surface area contributed by atoms with Gasteiger partial charge in [-0.3, -0.25) is 0 Å². The highest BCUT2D eigenvalue weighted by Crippen LogP contribution is 2.26. The number of hydrogen-bond acceptors (Lipinski definition) is 6. The summed E-state index contributed by atoms with van der Waals surface area (Å²) in [6.07, 6.45) is 0. The molecule has 0 atom stereocenters. The Kier molecular flexibility index (Phi) is 3.03. The molecule has 7 heteroatoms. The minimum atomic E-state index is -1.04. The zero-order valence-corrected chi connectivity index (χ0v) is 11.2.